The van der Waals surface area contributed by atoms with Crippen LogP contribution in [0.5, 0.6) is 5.75 Å². The maximum Gasteiger partial charge on any atom is 0.166 e. The van der Waals surface area contributed by atoms with Gasteiger partial charge in [0.15, 0.2) is 11.6 Å². The molecule has 0 spiro atoms. The van der Waals surface area contributed by atoms with E-state index in [9.17, 15) is 0 Å². The molecule has 0 aliphatic carbocycles. The van der Waals surface area contributed by atoms with Gasteiger partial charge in [0.1, 0.15) is 0 Å². The number of aryl methyl sites for hydroxylation is 1. The topological polar surface area (TPSA) is 51.4 Å². The summed E-state index contributed by atoms with van der Waals surface area (Å²) in [4.78, 5) is 6.66. The van der Waals surface area contributed by atoms with Crippen LogP contribution >= 0.6 is 0 Å². The van der Waals surface area contributed by atoms with E-state index < -0.39 is 0 Å². The normalized spacial score (nSPS) is 16.3. The molecule has 94 valence electrons. The van der Waals surface area contributed by atoms with Gasteiger partial charge in [-0.1, -0.05) is 0 Å². The first-order chi connectivity index (χ1) is 8.25. The lowest BCUT2D eigenvalue weighted by molar-refractivity contribution is 0.263. The molecule has 0 saturated carbocycles. The number of pyridine rings is 1. The van der Waals surface area contributed by atoms with Gasteiger partial charge in [-0.3, -0.25) is 0 Å². The van der Waals surface area contributed by atoms with Gasteiger partial charge in [-0.2, -0.15) is 0 Å². The minimum Gasteiger partial charge on any atom is -0.490 e. The Morgan fingerprint density at radius 2 is 2.12 bits per heavy atom. The minimum absolute atomic E-state index is 0.492. The Kier molecular flexibility index (Phi) is 4.20. The van der Waals surface area contributed by atoms with E-state index in [4.69, 9.17) is 10.5 Å². The summed E-state index contributed by atoms with van der Waals surface area (Å²) in [5.41, 5.74) is 6.70. The molecule has 0 unspecified atom stereocenters. The second-order valence-corrected chi connectivity index (χ2v) is 4.59. The lowest BCUT2D eigenvalue weighted by Gasteiger charge is -2.14. The molecule has 0 radical (unpaired) electrons. The molecule has 0 atom stereocenters. The van der Waals surface area contributed by atoms with E-state index in [0.717, 1.165) is 18.7 Å². The highest BCUT2D eigenvalue weighted by Crippen LogP contribution is 2.18. The fraction of sp³-hybridized carbons (Fsp3) is 0.615. The first-order valence-electron chi connectivity index (χ1n) is 6.34. The molecule has 2 rings (SSSR count). The smallest absolute Gasteiger partial charge is 0.166 e. The van der Waals surface area contributed by atoms with Crippen LogP contribution in [0.4, 0.5) is 5.82 Å². The third kappa shape index (κ3) is 3.60. The van der Waals surface area contributed by atoms with E-state index in [1.807, 2.05) is 19.1 Å². The van der Waals surface area contributed by atoms with E-state index in [0.29, 0.717) is 18.2 Å². The lowest BCUT2D eigenvalue weighted by atomic mass is 10.3. The van der Waals surface area contributed by atoms with Gasteiger partial charge < -0.3 is 15.4 Å². The zero-order chi connectivity index (χ0) is 12.1. The summed E-state index contributed by atoms with van der Waals surface area (Å²) >= 11 is 0. The van der Waals surface area contributed by atoms with Crippen LogP contribution in [0.15, 0.2) is 12.1 Å². The number of hydrogen-bond donors (Lipinski definition) is 1. The Hall–Kier alpha value is -1.29. The van der Waals surface area contributed by atoms with Crippen LogP contribution in [-0.2, 0) is 0 Å². The summed E-state index contributed by atoms with van der Waals surface area (Å²) in [6, 6.07) is 3.82. The van der Waals surface area contributed by atoms with E-state index in [-0.39, 0.29) is 0 Å². The number of nitrogen functional groups attached to an aromatic ring is 1. The van der Waals surface area contributed by atoms with Crippen LogP contribution in [0.3, 0.4) is 0 Å². The van der Waals surface area contributed by atoms with Crippen LogP contribution < -0.4 is 10.5 Å². The molecule has 4 nitrogen and oxygen atoms in total. The molecule has 1 aliphatic rings. The Morgan fingerprint density at radius 1 is 1.35 bits per heavy atom. The number of rotatable bonds is 5. The van der Waals surface area contributed by atoms with Gasteiger partial charge in [0.05, 0.1) is 6.61 Å². The largest absolute Gasteiger partial charge is 0.490 e. The number of anilines is 1. The van der Waals surface area contributed by atoms with Crippen LogP contribution in [0.1, 0.15) is 25.0 Å². The fourth-order valence-corrected chi connectivity index (χ4v) is 2.16. The summed E-state index contributed by atoms with van der Waals surface area (Å²) in [6.45, 7) is 6.25. The molecule has 1 aromatic heterocycles. The minimum atomic E-state index is 0.492. The molecule has 0 amide bonds. The van der Waals surface area contributed by atoms with Crippen molar-refractivity contribution >= 4 is 5.82 Å². The summed E-state index contributed by atoms with van der Waals surface area (Å²) in [7, 11) is 0. The first-order valence-corrected chi connectivity index (χ1v) is 6.34. The van der Waals surface area contributed by atoms with Crippen molar-refractivity contribution in [2.75, 3.05) is 32.0 Å². The number of hydrogen-bond acceptors (Lipinski definition) is 4. The molecular formula is C13H21N3O. The molecular weight excluding hydrogens is 214 g/mol. The van der Waals surface area contributed by atoms with Crippen molar-refractivity contribution in [1.82, 2.24) is 9.88 Å². The SMILES string of the molecule is Cc1ccc(OCCCN2CCCC2)c(N)n1. The molecule has 4 heteroatoms. The highest BCUT2D eigenvalue weighted by atomic mass is 16.5. The zero-order valence-corrected chi connectivity index (χ0v) is 10.5. The van der Waals surface area contributed by atoms with E-state index in [1.54, 1.807) is 0 Å². The maximum absolute atomic E-state index is 5.78. The van der Waals surface area contributed by atoms with Crippen molar-refractivity contribution < 1.29 is 4.74 Å². The van der Waals surface area contributed by atoms with E-state index in [2.05, 4.69) is 9.88 Å². The summed E-state index contributed by atoms with van der Waals surface area (Å²) in [5.74, 6) is 1.20. The second-order valence-electron chi connectivity index (χ2n) is 4.59. The molecule has 1 fully saturated rings. The fourth-order valence-electron chi connectivity index (χ4n) is 2.16. The highest BCUT2D eigenvalue weighted by Gasteiger charge is 2.10. The average Bonchev–Trinajstić information content (AvgIpc) is 2.79. The standard InChI is InChI=1S/C13H21N3O/c1-11-5-6-12(13(14)15-11)17-10-4-9-16-7-2-3-8-16/h5-6H,2-4,7-10H2,1H3,(H2,14,15). The van der Waals surface area contributed by atoms with Gasteiger partial charge in [0.25, 0.3) is 0 Å². The van der Waals surface area contributed by atoms with Crippen molar-refractivity contribution in [1.29, 1.82) is 0 Å². The van der Waals surface area contributed by atoms with Crippen molar-refractivity contribution in [2.45, 2.75) is 26.2 Å². The Balaban J connectivity index is 1.70. The summed E-state index contributed by atoms with van der Waals surface area (Å²) in [6.07, 6.45) is 3.73. The third-order valence-electron chi connectivity index (χ3n) is 3.10. The molecule has 1 aromatic rings. The number of aromatic nitrogens is 1. The zero-order valence-electron chi connectivity index (χ0n) is 10.5. The first kappa shape index (κ1) is 12.2. The molecule has 17 heavy (non-hydrogen) atoms. The second kappa shape index (κ2) is 5.87. The van der Waals surface area contributed by atoms with E-state index >= 15 is 0 Å². The molecule has 0 aromatic carbocycles. The van der Waals surface area contributed by atoms with Gasteiger partial charge in [-0.15, -0.1) is 0 Å². The van der Waals surface area contributed by atoms with Crippen molar-refractivity contribution in [2.24, 2.45) is 0 Å². The predicted molar refractivity (Wildman–Crippen MR) is 69.2 cm³/mol. The summed E-state index contributed by atoms with van der Waals surface area (Å²) in [5, 5.41) is 0. The quantitative estimate of drug-likeness (QED) is 0.791. The van der Waals surface area contributed by atoms with Gasteiger partial charge >= 0.3 is 0 Å². The number of likely N-dealkylation sites (tertiary alicyclic amines) is 1. The number of nitrogens with zero attached hydrogens (tertiary/aromatic N) is 2. The maximum atomic E-state index is 5.78. The van der Waals surface area contributed by atoms with Crippen LogP contribution in [-0.4, -0.2) is 36.1 Å². The molecule has 0 bridgehead atoms. The Morgan fingerprint density at radius 3 is 2.82 bits per heavy atom. The highest BCUT2D eigenvalue weighted by molar-refractivity contribution is 5.46. The number of ether oxygens (including phenoxy) is 1. The Bertz CT molecular complexity index is 362. The van der Waals surface area contributed by atoms with Gasteiger partial charge in [0.2, 0.25) is 0 Å². The predicted octanol–water partition coefficient (Wildman–Crippen LogP) is 1.84. The third-order valence-corrected chi connectivity index (χ3v) is 3.10. The molecule has 2 N–H and O–H groups in total. The molecule has 1 aliphatic heterocycles. The van der Waals surface area contributed by atoms with E-state index in [1.165, 1.54) is 25.9 Å². The van der Waals surface area contributed by atoms with Crippen LogP contribution in [0.2, 0.25) is 0 Å². The average molecular weight is 235 g/mol. The molecule has 1 saturated heterocycles. The Labute approximate surface area is 103 Å². The van der Waals surface area contributed by atoms with Gasteiger partial charge in [-0.25, -0.2) is 4.98 Å². The van der Waals surface area contributed by atoms with Gasteiger partial charge in [-0.05, 0) is 51.4 Å². The van der Waals surface area contributed by atoms with Crippen LogP contribution in [0, 0.1) is 6.92 Å². The summed E-state index contributed by atoms with van der Waals surface area (Å²) < 4.78 is 5.64. The van der Waals surface area contributed by atoms with Gasteiger partial charge in [0, 0.05) is 12.2 Å². The van der Waals surface area contributed by atoms with Crippen molar-refractivity contribution in [3.05, 3.63) is 17.8 Å². The molecule has 2 heterocycles. The van der Waals surface area contributed by atoms with Crippen molar-refractivity contribution in [3.8, 4) is 5.75 Å². The number of nitrogens with two attached hydrogens (primary N) is 1. The van der Waals surface area contributed by atoms with Crippen molar-refractivity contribution in [3.63, 3.8) is 0 Å². The lowest BCUT2D eigenvalue weighted by Crippen LogP contribution is -2.22. The monoisotopic (exact) mass is 235 g/mol. The van der Waals surface area contributed by atoms with Crippen LogP contribution in [0.25, 0.3) is 0 Å².